The predicted octanol–water partition coefficient (Wildman–Crippen LogP) is 3.41. The molecule has 2 aliphatic rings. The van der Waals surface area contributed by atoms with Crippen molar-refractivity contribution < 1.29 is 22.7 Å². The lowest BCUT2D eigenvalue weighted by molar-refractivity contribution is -0.137. The molecular formula is C20H27F3N2O2. The first kappa shape index (κ1) is 20.1. The van der Waals surface area contributed by atoms with Gasteiger partial charge in [-0.05, 0) is 17.5 Å². The third-order valence-corrected chi connectivity index (χ3v) is 5.17. The van der Waals surface area contributed by atoms with Crippen LogP contribution in [0.2, 0.25) is 0 Å². The van der Waals surface area contributed by atoms with E-state index in [1.807, 2.05) is 4.90 Å². The monoisotopic (exact) mass is 384 g/mol. The summed E-state index contributed by atoms with van der Waals surface area (Å²) >= 11 is 0. The Labute approximate surface area is 158 Å². The van der Waals surface area contributed by atoms with Gasteiger partial charge in [-0.25, -0.2) is 0 Å². The maximum atomic E-state index is 13.0. The Morgan fingerprint density at radius 2 is 2.04 bits per heavy atom. The molecule has 3 rings (SSSR count). The summed E-state index contributed by atoms with van der Waals surface area (Å²) in [7, 11) is 0. The van der Waals surface area contributed by atoms with E-state index in [1.54, 1.807) is 6.07 Å². The molecule has 0 aromatic heterocycles. The Balaban J connectivity index is 1.71. The standard InChI is InChI=1S/C20H27F3N2O2/c1-15(2)10-25-13-19(9-18(25)26)12-24(6-7-27-14-19)11-16-4-3-5-17(8-16)20(21,22)23/h3-5,8,15H,6-7,9-14H2,1-2H3. The molecule has 2 fully saturated rings. The van der Waals surface area contributed by atoms with Crippen LogP contribution in [0.5, 0.6) is 0 Å². The Morgan fingerprint density at radius 3 is 2.74 bits per heavy atom. The molecule has 7 heteroatoms. The minimum atomic E-state index is -4.34. The fourth-order valence-corrected chi connectivity index (χ4v) is 4.11. The summed E-state index contributed by atoms with van der Waals surface area (Å²) in [4.78, 5) is 16.5. The van der Waals surface area contributed by atoms with E-state index in [0.29, 0.717) is 57.3 Å². The van der Waals surface area contributed by atoms with Crippen LogP contribution < -0.4 is 0 Å². The molecule has 0 bridgehead atoms. The van der Waals surface area contributed by atoms with Crippen LogP contribution in [-0.4, -0.2) is 55.1 Å². The minimum absolute atomic E-state index is 0.146. The second-order valence-electron chi connectivity index (χ2n) is 8.31. The SMILES string of the molecule is CC(C)CN1CC2(COCCN(Cc3cccc(C(F)(F)F)c3)C2)CC1=O. The van der Waals surface area contributed by atoms with Crippen LogP contribution in [0, 0.1) is 11.3 Å². The first-order valence-corrected chi connectivity index (χ1v) is 9.41. The maximum Gasteiger partial charge on any atom is 0.416 e. The van der Waals surface area contributed by atoms with Gasteiger partial charge in [0.1, 0.15) is 0 Å². The number of rotatable bonds is 4. The van der Waals surface area contributed by atoms with E-state index in [1.165, 1.54) is 12.1 Å². The molecular weight excluding hydrogens is 357 g/mol. The fourth-order valence-electron chi connectivity index (χ4n) is 4.11. The second-order valence-corrected chi connectivity index (χ2v) is 8.31. The molecule has 27 heavy (non-hydrogen) atoms. The lowest BCUT2D eigenvalue weighted by atomic mass is 9.87. The predicted molar refractivity (Wildman–Crippen MR) is 96.0 cm³/mol. The van der Waals surface area contributed by atoms with Gasteiger partial charge in [0.25, 0.3) is 0 Å². The van der Waals surface area contributed by atoms with E-state index >= 15 is 0 Å². The normalized spacial score (nSPS) is 24.8. The highest BCUT2D eigenvalue weighted by Crippen LogP contribution is 2.35. The van der Waals surface area contributed by atoms with E-state index in [4.69, 9.17) is 4.74 Å². The van der Waals surface area contributed by atoms with Crippen LogP contribution in [-0.2, 0) is 22.3 Å². The van der Waals surface area contributed by atoms with Crippen molar-refractivity contribution in [1.82, 2.24) is 9.80 Å². The molecule has 0 N–H and O–H groups in total. The maximum absolute atomic E-state index is 13.0. The lowest BCUT2D eigenvalue weighted by Crippen LogP contribution is -2.41. The van der Waals surface area contributed by atoms with Crippen LogP contribution in [0.4, 0.5) is 13.2 Å². The quantitative estimate of drug-likeness (QED) is 0.798. The van der Waals surface area contributed by atoms with E-state index in [-0.39, 0.29) is 11.3 Å². The summed E-state index contributed by atoms with van der Waals surface area (Å²) in [6, 6.07) is 5.48. The topological polar surface area (TPSA) is 32.8 Å². The number of amides is 1. The van der Waals surface area contributed by atoms with Crippen molar-refractivity contribution in [3.05, 3.63) is 35.4 Å². The third-order valence-electron chi connectivity index (χ3n) is 5.17. The molecule has 1 unspecified atom stereocenters. The minimum Gasteiger partial charge on any atom is -0.379 e. The fraction of sp³-hybridized carbons (Fsp3) is 0.650. The Kier molecular flexibility index (Phi) is 5.82. The zero-order valence-electron chi connectivity index (χ0n) is 15.9. The van der Waals surface area contributed by atoms with E-state index in [9.17, 15) is 18.0 Å². The van der Waals surface area contributed by atoms with Gasteiger partial charge in [0.05, 0.1) is 18.8 Å². The zero-order valence-corrected chi connectivity index (χ0v) is 15.9. The number of benzene rings is 1. The molecule has 1 spiro atoms. The van der Waals surface area contributed by atoms with Gasteiger partial charge in [-0.1, -0.05) is 32.0 Å². The van der Waals surface area contributed by atoms with Gasteiger partial charge in [-0.3, -0.25) is 9.69 Å². The van der Waals surface area contributed by atoms with Crippen LogP contribution >= 0.6 is 0 Å². The highest BCUT2D eigenvalue weighted by Gasteiger charge is 2.45. The zero-order chi connectivity index (χ0) is 19.7. The van der Waals surface area contributed by atoms with Gasteiger partial charge in [-0.15, -0.1) is 0 Å². The summed E-state index contributed by atoms with van der Waals surface area (Å²) in [6.07, 6.45) is -3.90. The van der Waals surface area contributed by atoms with Crippen molar-refractivity contribution in [2.24, 2.45) is 11.3 Å². The number of nitrogens with zero attached hydrogens (tertiary/aromatic N) is 2. The molecule has 2 aliphatic heterocycles. The first-order valence-electron chi connectivity index (χ1n) is 9.41. The molecule has 2 heterocycles. The largest absolute Gasteiger partial charge is 0.416 e. The number of likely N-dealkylation sites (tertiary alicyclic amines) is 1. The molecule has 150 valence electrons. The Bertz CT molecular complexity index is 677. The summed E-state index contributed by atoms with van der Waals surface area (Å²) in [6.45, 7) is 8.33. The molecule has 4 nitrogen and oxygen atoms in total. The van der Waals surface area contributed by atoms with Crippen LogP contribution in [0.1, 0.15) is 31.4 Å². The van der Waals surface area contributed by atoms with E-state index in [0.717, 1.165) is 12.6 Å². The van der Waals surface area contributed by atoms with E-state index < -0.39 is 11.7 Å². The number of alkyl halides is 3. The molecule has 1 aromatic rings. The second kappa shape index (κ2) is 7.80. The highest BCUT2D eigenvalue weighted by molar-refractivity contribution is 5.79. The first-order chi connectivity index (χ1) is 12.7. The molecule has 1 atom stereocenters. The summed E-state index contributed by atoms with van der Waals surface area (Å²) in [5, 5.41) is 0. The highest BCUT2D eigenvalue weighted by atomic mass is 19.4. The van der Waals surface area contributed by atoms with Gasteiger partial charge < -0.3 is 9.64 Å². The van der Waals surface area contributed by atoms with Crippen LogP contribution in [0.15, 0.2) is 24.3 Å². The van der Waals surface area contributed by atoms with Gasteiger partial charge in [0.2, 0.25) is 5.91 Å². The van der Waals surface area contributed by atoms with Gasteiger partial charge in [0, 0.05) is 44.6 Å². The average Bonchev–Trinajstić information content (AvgIpc) is 2.73. The molecule has 1 aromatic carbocycles. The Morgan fingerprint density at radius 1 is 1.26 bits per heavy atom. The van der Waals surface area contributed by atoms with Crippen molar-refractivity contribution in [2.45, 2.75) is 33.0 Å². The Hall–Kier alpha value is -1.60. The van der Waals surface area contributed by atoms with Gasteiger partial charge in [0.15, 0.2) is 0 Å². The van der Waals surface area contributed by atoms with Crippen molar-refractivity contribution in [2.75, 3.05) is 39.4 Å². The van der Waals surface area contributed by atoms with Crippen molar-refractivity contribution in [3.8, 4) is 0 Å². The number of hydrogen-bond acceptors (Lipinski definition) is 3. The van der Waals surface area contributed by atoms with Crippen LogP contribution in [0.25, 0.3) is 0 Å². The average molecular weight is 384 g/mol. The van der Waals surface area contributed by atoms with Crippen LogP contribution in [0.3, 0.4) is 0 Å². The molecule has 0 saturated carbocycles. The van der Waals surface area contributed by atoms with Crippen molar-refractivity contribution in [3.63, 3.8) is 0 Å². The molecule has 1 amide bonds. The summed E-state index contributed by atoms with van der Waals surface area (Å²) in [5.41, 5.74) is -0.269. The van der Waals surface area contributed by atoms with Crippen molar-refractivity contribution in [1.29, 1.82) is 0 Å². The van der Waals surface area contributed by atoms with E-state index in [2.05, 4.69) is 18.7 Å². The summed E-state index contributed by atoms with van der Waals surface area (Å²) in [5.74, 6) is 0.547. The number of ether oxygens (including phenoxy) is 1. The van der Waals surface area contributed by atoms with Crippen molar-refractivity contribution >= 4 is 5.91 Å². The number of carbonyl (C=O) groups excluding carboxylic acids is 1. The number of carbonyl (C=O) groups is 1. The number of hydrogen-bond donors (Lipinski definition) is 0. The smallest absolute Gasteiger partial charge is 0.379 e. The van der Waals surface area contributed by atoms with Gasteiger partial charge in [-0.2, -0.15) is 13.2 Å². The van der Waals surface area contributed by atoms with Gasteiger partial charge >= 0.3 is 6.18 Å². The molecule has 2 saturated heterocycles. The summed E-state index contributed by atoms with van der Waals surface area (Å²) < 4.78 is 44.7. The molecule has 0 aliphatic carbocycles. The third kappa shape index (κ3) is 5.02. The number of halogens is 3. The lowest BCUT2D eigenvalue weighted by Gasteiger charge is -2.31. The molecule has 0 radical (unpaired) electrons.